The highest BCUT2D eigenvalue weighted by Crippen LogP contribution is 2.39. The zero-order chi connectivity index (χ0) is 8.91. The molecule has 68 valence electrons. The molecule has 3 nitrogen and oxygen atoms in total. The smallest absolute Gasteiger partial charge is 0.197 e. The van der Waals surface area contributed by atoms with Crippen molar-refractivity contribution in [2.75, 3.05) is 26.9 Å². The second kappa shape index (κ2) is 4.91. The summed E-state index contributed by atoms with van der Waals surface area (Å²) in [7, 11) is -0.445. The maximum Gasteiger partial charge on any atom is 0.197 e. The van der Waals surface area contributed by atoms with Crippen molar-refractivity contribution in [3.8, 4) is 0 Å². The highest BCUT2D eigenvalue weighted by Gasteiger charge is 2.14. The fourth-order valence-electron chi connectivity index (χ4n) is 0.843. The van der Waals surface area contributed by atoms with Crippen molar-refractivity contribution in [3.05, 3.63) is 0 Å². The molecule has 4 heteroatoms. The third-order valence-electron chi connectivity index (χ3n) is 1.29. The predicted molar refractivity (Wildman–Crippen MR) is 48.5 cm³/mol. The molecule has 0 amide bonds. The van der Waals surface area contributed by atoms with Crippen LogP contribution in [0.4, 0.5) is 0 Å². The van der Waals surface area contributed by atoms with Crippen molar-refractivity contribution < 1.29 is 9.09 Å². The minimum Gasteiger partial charge on any atom is -0.324 e. The lowest BCUT2D eigenvalue weighted by molar-refractivity contribution is 0.203. The summed E-state index contributed by atoms with van der Waals surface area (Å²) in [4.78, 5) is 0. The first-order valence-electron chi connectivity index (χ1n) is 3.87. The molecule has 0 saturated carbocycles. The summed E-state index contributed by atoms with van der Waals surface area (Å²) in [6, 6.07) is 0. The SMILES string of the molecule is CCC(CNC)OP(C)(C)=O. The average molecular weight is 179 g/mol. The maximum atomic E-state index is 11.2. The molecule has 0 bridgehead atoms. The first-order chi connectivity index (χ1) is 4.99. The lowest BCUT2D eigenvalue weighted by atomic mass is 10.3. The zero-order valence-corrected chi connectivity index (χ0v) is 8.65. The quantitative estimate of drug-likeness (QED) is 0.650. The van der Waals surface area contributed by atoms with E-state index in [1.165, 1.54) is 0 Å². The van der Waals surface area contributed by atoms with Crippen LogP contribution in [0.1, 0.15) is 13.3 Å². The van der Waals surface area contributed by atoms with Crippen LogP contribution < -0.4 is 5.32 Å². The van der Waals surface area contributed by atoms with Gasteiger partial charge in [0, 0.05) is 19.9 Å². The Bertz CT molecular complexity index is 143. The van der Waals surface area contributed by atoms with E-state index < -0.39 is 7.37 Å². The Kier molecular flexibility index (Phi) is 4.98. The van der Waals surface area contributed by atoms with Crippen LogP contribution in [-0.2, 0) is 9.09 Å². The summed E-state index contributed by atoms with van der Waals surface area (Å²) >= 11 is 0. The molecule has 0 saturated heterocycles. The topological polar surface area (TPSA) is 38.3 Å². The van der Waals surface area contributed by atoms with Gasteiger partial charge in [0.1, 0.15) is 0 Å². The van der Waals surface area contributed by atoms with Crippen molar-refractivity contribution in [1.29, 1.82) is 0 Å². The van der Waals surface area contributed by atoms with Gasteiger partial charge in [0.25, 0.3) is 0 Å². The number of hydrogen-bond acceptors (Lipinski definition) is 3. The molecule has 0 aliphatic carbocycles. The Morgan fingerprint density at radius 1 is 1.55 bits per heavy atom. The van der Waals surface area contributed by atoms with E-state index in [-0.39, 0.29) is 6.10 Å². The van der Waals surface area contributed by atoms with E-state index >= 15 is 0 Å². The molecule has 0 aromatic carbocycles. The van der Waals surface area contributed by atoms with Crippen molar-refractivity contribution in [2.45, 2.75) is 19.4 Å². The van der Waals surface area contributed by atoms with Crippen LogP contribution in [0.25, 0.3) is 0 Å². The Balaban J connectivity index is 3.78. The van der Waals surface area contributed by atoms with Crippen LogP contribution in [0.5, 0.6) is 0 Å². The first kappa shape index (κ1) is 11.2. The molecule has 0 rings (SSSR count). The standard InChI is InChI=1S/C7H18NO2P/c1-5-7(6-8-2)10-11(3,4)9/h7-8H,5-6H2,1-4H3. The van der Waals surface area contributed by atoms with E-state index in [1.807, 2.05) is 14.0 Å². The van der Waals surface area contributed by atoms with Gasteiger partial charge in [-0.05, 0) is 13.5 Å². The fraction of sp³-hybridized carbons (Fsp3) is 1.00. The van der Waals surface area contributed by atoms with Crippen molar-refractivity contribution in [3.63, 3.8) is 0 Å². The summed E-state index contributed by atoms with van der Waals surface area (Å²) in [5.41, 5.74) is 0. The number of likely N-dealkylation sites (N-methyl/N-ethyl adjacent to an activating group) is 1. The monoisotopic (exact) mass is 179 g/mol. The second-order valence-electron chi connectivity index (χ2n) is 2.95. The lowest BCUT2D eigenvalue weighted by Gasteiger charge is -2.18. The van der Waals surface area contributed by atoms with E-state index in [1.54, 1.807) is 13.3 Å². The third kappa shape index (κ3) is 6.54. The van der Waals surface area contributed by atoms with E-state index in [0.29, 0.717) is 0 Å². The van der Waals surface area contributed by atoms with E-state index in [4.69, 9.17) is 4.52 Å². The molecule has 0 aromatic heterocycles. The number of hydrogen-bond donors (Lipinski definition) is 1. The van der Waals surface area contributed by atoms with Gasteiger partial charge in [-0.15, -0.1) is 0 Å². The molecule has 0 radical (unpaired) electrons. The minimum atomic E-state index is -2.31. The molecule has 0 heterocycles. The summed E-state index contributed by atoms with van der Waals surface area (Å²) in [6.45, 7) is 6.08. The van der Waals surface area contributed by atoms with Gasteiger partial charge in [-0.25, -0.2) is 0 Å². The minimum absolute atomic E-state index is 0.0841. The first-order valence-corrected chi connectivity index (χ1v) is 6.39. The summed E-state index contributed by atoms with van der Waals surface area (Å²) in [5.74, 6) is 0. The van der Waals surface area contributed by atoms with Crippen molar-refractivity contribution >= 4 is 7.37 Å². The Morgan fingerprint density at radius 2 is 2.09 bits per heavy atom. The normalized spacial score (nSPS) is 14.9. The van der Waals surface area contributed by atoms with Gasteiger partial charge in [0.2, 0.25) is 0 Å². The molecule has 0 aromatic rings. The lowest BCUT2D eigenvalue weighted by Crippen LogP contribution is -2.24. The Morgan fingerprint density at radius 3 is 2.36 bits per heavy atom. The van der Waals surface area contributed by atoms with Crippen LogP contribution in [-0.4, -0.2) is 33.0 Å². The van der Waals surface area contributed by atoms with Gasteiger partial charge in [-0.2, -0.15) is 0 Å². The molecule has 0 aliphatic heterocycles. The molecule has 1 unspecified atom stereocenters. The van der Waals surface area contributed by atoms with E-state index in [0.717, 1.165) is 13.0 Å². The molecule has 0 fully saturated rings. The molecule has 1 N–H and O–H groups in total. The highest BCUT2D eigenvalue weighted by atomic mass is 31.2. The fourth-order valence-corrected chi connectivity index (χ4v) is 1.78. The van der Waals surface area contributed by atoms with Gasteiger partial charge in [-0.1, -0.05) is 6.92 Å². The van der Waals surface area contributed by atoms with Crippen molar-refractivity contribution in [2.24, 2.45) is 0 Å². The number of nitrogens with one attached hydrogen (secondary N) is 1. The second-order valence-corrected chi connectivity index (χ2v) is 5.66. The van der Waals surface area contributed by atoms with Gasteiger partial charge in [-0.3, -0.25) is 4.57 Å². The Hall–Kier alpha value is 0.150. The predicted octanol–water partition coefficient (Wildman–Crippen LogP) is 1.54. The maximum absolute atomic E-state index is 11.2. The van der Waals surface area contributed by atoms with Crippen molar-refractivity contribution in [1.82, 2.24) is 5.32 Å². The van der Waals surface area contributed by atoms with Gasteiger partial charge in [0.15, 0.2) is 7.37 Å². The molecule has 1 atom stereocenters. The number of rotatable bonds is 5. The van der Waals surface area contributed by atoms with Crippen LogP contribution in [0, 0.1) is 0 Å². The Labute approximate surface area is 69.0 Å². The largest absolute Gasteiger partial charge is 0.324 e. The summed E-state index contributed by atoms with van der Waals surface area (Å²) in [6.07, 6.45) is 0.979. The average Bonchev–Trinajstić information content (AvgIpc) is 1.84. The van der Waals surface area contributed by atoms with E-state index in [2.05, 4.69) is 5.32 Å². The van der Waals surface area contributed by atoms with Gasteiger partial charge >= 0.3 is 0 Å². The summed E-state index contributed by atoms with van der Waals surface area (Å²) in [5, 5.41) is 3.00. The molecule has 0 spiro atoms. The molecular formula is C7H18NO2P. The van der Waals surface area contributed by atoms with Crippen LogP contribution in [0.3, 0.4) is 0 Å². The van der Waals surface area contributed by atoms with E-state index in [9.17, 15) is 4.57 Å². The van der Waals surface area contributed by atoms with Gasteiger partial charge in [0.05, 0.1) is 6.10 Å². The molecule has 11 heavy (non-hydrogen) atoms. The molecular weight excluding hydrogens is 161 g/mol. The van der Waals surface area contributed by atoms with Crippen LogP contribution in [0.2, 0.25) is 0 Å². The third-order valence-corrected chi connectivity index (χ3v) is 2.10. The summed E-state index contributed by atoms with van der Waals surface area (Å²) < 4.78 is 16.5. The zero-order valence-electron chi connectivity index (χ0n) is 7.76. The highest BCUT2D eigenvalue weighted by molar-refractivity contribution is 7.57. The van der Waals surface area contributed by atoms with Gasteiger partial charge < -0.3 is 9.84 Å². The van der Waals surface area contributed by atoms with Crippen LogP contribution in [0.15, 0.2) is 0 Å². The molecule has 0 aliphatic rings. The van der Waals surface area contributed by atoms with Crippen LogP contribution >= 0.6 is 7.37 Å².